The van der Waals surface area contributed by atoms with Crippen LogP contribution in [-0.2, 0) is 13.7 Å². The SMILES string of the molecule is O=S(=O)(OS1(c2ccc(Sc3ccccc3)c3ccccc23)CCC1)C(F)(F)C(F)(F)C(F)(F)C(F)(F)C(F)(F)C(F)(F)C(F)(F)C(F)(F)F. The fraction of sp³-hybridized carbons (Fsp3) is 0.407. The van der Waals surface area contributed by atoms with Gasteiger partial charge in [-0.05, 0) is 41.5 Å². The van der Waals surface area contributed by atoms with Crippen molar-refractivity contribution in [2.24, 2.45) is 0 Å². The average molecular weight is 809 g/mol. The van der Waals surface area contributed by atoms with Gasteiger partial charge in [0.25, 0.3) is 0 Å². The molecule has 1 aliphatic rings. The second-order valence-electron chi connectivity index (χ2n) is 10.6. The number of fused-ring (bicyclic) bond motifs is 1. The molecule has 1 heterocycles. The van der Waals surface area contributed by atoms with Crippen LogP contribution in [0, 0.1) is 0 Å². The third kappa shape index (κ3) is 5.67. The zero-order chi connectivity index (χ0) is 38.2. The zero-order valence-corrected chi connectivity index (χ0v) is 26.3. The van der Waals surface area contributed by atoms with Gasteiger partial charge in [0.2, 0.25) is 0 Å². The van der Waals surface area contributed by atoms with E-state index >= 15 is 0 Å². The van der Waals surface area contributed by atoms with E-state index in [0.717, 1.165) is 17.8 Å². The highest BCUT2D eigenvalue weighted by molar-refractivity contribution is 8.34. The summed E-state index contributed by atoms with van der Waals surface area (Å²) in [5.41, 5.74) is 0. The molecule has 0 aliphatic carbocycles. The van der Waals surface area contributed by atoms with E-state index in [1.807, 2.05) is 0 Å². The Morgan fingerprint density at radius 1 is 0.540 bits per heavy atom. The van der Waals surface area contributed by atoms with Gasteiger partial charge in [0.1, 0.15) is 0 Å². The van der Waals surface area contributed by atoms with Crippen LogP contribution >= 0.6 is 22.1 Å². The van der Waals surface area contributed by atoms with Crippen LogP contribution in [0.25, 0.3) is 10.8 Å². The highest BCUT2D eigenvalue weighted by atomic mass is 32.3. The van der Waals surface area contributed by atoms with Crippen LogP contribution < -0.4 is 0 Å². The first kappa shape index (κ1) is 40.1. The van der Waals surface area contributed by atoms with Crippen LogP contribution in [0.1, 0.15) is 6.42 Å². The molecule has 0 saturated carbocycles. The predicted octanol–water partition coefficient (Wildman–Crippen LogP) is 10.8. The number of alkyl halides is 17. The highest BCUT2D eigenvalue weighted by Crippen LogP contribution is 2.69. The van der Waals surface area contributed by atoms with Crippen LogP contribution in [0.5, 0.6) is 0 Å². The minimum atomic E-state index is -8.91. The monoisotopic (exact) mass is 808 g/mol. The zero-order valence-electron chi connectivity index (χ0n) is 23.8. The van der Waals surface area contributed by atoms with Crippen LogP contribution in [0.2, 0.25) is 0 Å². The molecule has 0 spiro atoms. The summed E-state index contributed by atoms with van der Waals surface area (Å²) in [6.07, 6.45) is -7.98. The first-order chi connectivity index (χ1) is 22.5. The lowest BCUT2D eigenvalue weighted by atomic mass is 9.91. The first-order valence-electron chi connectivity index (χ1n) is 13.2. The standard InChI is InChI=1S/C27H17F17O3S3/c28-20(29,22(32,33)24(36,37)26(40,41)42)21(30,31)23(34,35)25(38,39)27(43,44)50(45,46)47-49(13-6-14-49)19-12-11-18(16-9-4-5-10-17(16)19)48-15-7-2-1-3-8-15/h1-5,7-12H,6,13-14H2. The smallest absolute Gasteiger partial charge is 0.211 e. The van der Waals surface area contributed by atoms with Crippen molar-refractivity contribution in [3.05, 3.63) is 66.7 Å². The lowest BCUT2D eigenvalue weighted by Gasteiger charge is -2.47. The Morgan fingerprint density at radius 3 is 1.44 bits per heavy atom. The van der Waals surface area contributed by atoms with E-state index in [0.29, 0.717) is 15.2 Å². The molecule has 0 bridgehead atoms. The molecule has 1 aliphatic heterocycles. The Bertz CT molecular complexity index is 1840. The molecule has 0 atom stereocenters. The van der Waals surface area contributed by atoms with Crippen molar-refractivity contribution in [1.82, 2.24) is 0 Å². The summed E-state index contributed by atoms with van der Waals surface area (Å²) < 4.78 is 264. The van der Waals surface area contributed by atoms with Gasteiger partial charge in [0, 0.05) is 26.2 Å². The lowest BCUT2D eigenvalue weighted by Crippen LogP contribution is -2.75. The van der Waals surface area contributed by atoms with E-state index in [4.69, 9.17) is 0 Å². The fourth-order valence-corrected chi connectivity index (χ4v) is 10.6. The van der Waals surface area contributed by atoms with Crippen LogP contribution in [0.3, 0.4) is 0 Å². The molecule has 0 aromatic heterocycles. The Balaban J connectivity index is 1.76. The van der Waals surface area contributed by atoms with Crippen molar-refractivity contribution in [1.29, 1.82) is 0 Å². The van der Waals surface area contributed by atoms with Gasteiger partial charge in [0.05, 0.1) is 0 Å². The number of hydrogen-bond acceptors (Lipinski definition) is 4. The van der Waals surface area contributed by atoms with Gasteiger partial charge in [-0.2, -0.15) is 83.1 Å². The molecular weight excluding hydrogens is 791 g/mol. The number of halogens is 17. The van der Waals surface area contributed by atoms with Crippen molar-refractivity contribution >= 4 is 43.0 Å². The number of hydrogen-bond donors (Lipinski definition) is 0. The lowest BCUT2D eigenvalue weighted by molar-refractivity contribution is -0.458. The Kier molecular flexibility index (Phi) is 9.79. The fourth-order valence-electron chi connectivity index (χ4n) is 4.52. The molecule has 23 heteroatoms. The molecule has 3 nitrogen and oxygen atoms in total. The van der Waals surface area contributed by atoms with E-state index in [9.17, 15) is 83.1 Å². The molecule has 280 valence electrons. The van der Waals surface area contributed by atoms with Crippen molar-refractivity contribution < 1.29 is 86.7 Å². The largest absolute Gasteiger partial charge is 0.460 e. The molecular formula is C27H17F17O3S3. The van der Waals surface area contributed by atoms with Gasteiger partial charge in [-0.15, -0.1) is 0 Å². The summed E-state index contributed by atoms with van der Waals surface area (Å²) in [6.45, 7) is 0. The first-order valence-corrected chi connectivity index (χ1v) is 17.3. The van der Waals surface area contributed by atoms with E-state index < -0.39 is 78.9 Å². The second-order valence-corrected chi connectivity index (χ2v) is 16.5. The quantitative estimate of drug-likeness (QED) is 0.171. The summed E-state index contributed by atoms with van der Waals surface area (Å²) in [7, 11) is -11.5. The van der Waals surface area contributed by atoms with Crippen LogP contribution in [-0.4, -0.2) is 66.9 Å². The number of rotatable bonds is 12. The third-order valence-electron chi connectivity index (χ3n) is 7.39. The summed E-state index contributed by atoms with van der Waals surface area (Å²) in [5, 5.41) is -7.39. The van der Waals surface area contributed by atoms with Gasteiger partial charge in [-0.3, -0.25) is 0 Å². The predicted molar refractivity (Wildman–Crippen MR) is 145 cm³/mol. The molecule has 0 unspecified atom stereocenters. The molecule has 1 saturated heterocycles. The molecule has 4 rings (SSSR count). The van der Waals surface area contributed by atoms with E-state index in [1.165, 1.54) is 30.3 Å². The minimum absolute atomic E-state index is 0.0535. The minimum Gasteiger partial charge on any atom is -0.211 e. The van der Waals surface area contributed by atoms with Gasteiger partial charge in [-0.25, -0.2) is 3.63 Å². The maximum atomic E-state index is 14.9. The van der Waals surface area contributed by atoms with Gasteiger partial charge in [-0.1, -0.05) is 64.5 Å². The second kappa shape index (κ2) is 12.2. The molecule has 3 aromatic rings. The summed E-state index contributed by atoms with van der Waals surface area (Å²) in [6, 6.07) is 16.4. The summed E-state index contributed by atoms with van der Waals surface area (Å²) in [4.78, 5) is 0.858. The maximum absolute atomic E-state index is 14.9. The molecule has 0 amide bonds. The average Bonchev–Trinajstić information content (AvgIpc) is 2.98. The van der Waals surface area contributed by atoms with Crippen molar-refractivity contribution in [3.8, 4) is 0 Å². The van der Waals surface area contributed by atoms with Crippen LogP contribution in [0.15, 0.2) is 81.4 Å². The van der Waals surface area contributed by atoms with Crippen molar-refractivity contribution in [2.75, 3.05) is 11.5 Å². The topological polar surface area (TPSA) is 43.4 Å². The van der Waals surface area contributed by atoms with E-state index in [-0.39, 0.29) is 16.7 Å². The maximum Gasteiger partial charge on any atom is 0.460 e. The van der Waals surface area contributed by atoms with Gasteiger partial charge < -0.3 is 0 Å². The van der Waals surface area contributed by atoms with Gasteiger partial charge in [0.15, 0.2) is 0 Å². The Morgan fingerprint density at radius 2 is 0.980 bits per heavy atom. The Labute approximate surface area is 275 Å². The normalized spacial score (nSPS) is 17.8. The molecule has 50 heavy (non-hydrogen) atoms. The molecule has 0 radical (unpaired) electrons. The van der Waals surface area contributed by atoms with Crippen molar-refractivity contribution in [2.45, 2.75) is 68.1 Å². The van der Waals surface area contributed by atoms with E-state index in [2.05, 4.69) is 3.63 Å². The molecule has 3 aromatic carbocycles. The van der Waals surface area contributed by atoms with Crippen molar-refractivity contribution in [3.63, 3.8) is 0 Å². The summed E-state index contributed by atoms with van der Waals surface area (Å²) in [5.74, 6) is -53.2. The molecule has 1 fully saturated rings. The van der Waals surface area contributed by atoms with Crippen LogP contribution in [0.4, 0.5) is 74.6 Å². The third-order valence-corrected chi connectivity index (χ3v) is 14.2. The van der Waals surface area contributed by atoms with E-state index in [1.54, 1.807) is 30.3 Å². The number of benzene rings is 3. The van der Waals surface area contributed by atoms with Gasteiger partial charge >= 0.3 is 57.1 Å². The highest BCUT2D eigenvalue weighted by Gasteiger charge is 2.96. The Hall–Kier alpha value is -2.66. The summed E-state index contributed by atoms with van der Waals surface area (Å²) >= 11 is 1.15. The molecule has 0 N–H and O–H groups in total.